The van der Waals surface area contributed by atoms with E-state index in [9.17, 15) is 5.41 Å². The van der Waals surface area contributed by atoms with Crippen molar-refractivity contribution in [2.45, 2.75) is 24.7 Å². The number of hydrogen-bond donors (Lipinski definition) is 1. The van der Waals surface area contributed by atoms with Crippen molar-refractivity contribution < 1.29 is 0 Å². The second-order valence-corrected chi connectivity index (χ2v) is 15.6. The van der Waals surface area contributed by atoms with Crippen LogP contribution in [0.1, 0.15) is 63.9 Å². The highest BCUT2D eigenvalue weighted by molar-refractivity contribution is 6.19. The van der Waals surface area contributed by atoms with Gasteiger partial charge in [-0.15, -0.1) is 0 Å². The van der Waals surface area contributed by atoms with Gasteiger partial charge in [-0.2, -0.15) is 0 Å². The first-order chi connectivity index (χ1) is 27.5. The van der Waals surface area contributed by atoms with Crippen molar-refractivity contribution >= 4 is 28.1 Å². The monoisotopic (exact) mass is 715 g/mol. The molecule has 0 heterocycles. The third-order valence-corrected chi connectivity index (χ3v) is 12.2. The maximum absolute atomic E-state index is 9.48. The first-order valence-corrected chi connectivity index (χ1v) is 19.5. The van der Waals surface area contributed by atoms with Gasteiger partial charge < -0.3 is 5.41 Å². The van der Waals surface area contributed by atoms with Gasteiger partial charge in [0.1, 0.15) is 0 Å². The molecular formula is C55H41N. The molecule has 8 aromatic rings. The van der Waals surface area contributed by atoms with Gasteiger partial charge in [0.05, 0.1) is 11.1 Å². The third-order valence-electron chi connectivity index (χ3n) is 12.2. The van der Waals surface area contributed by atoms with Crippen LogP contribution < -0.4 is 0 Å². The number of fused-ring (bicyclic) bond motifs is 10. The molecule has 0 radical (unpaired) electrons. The Morgan fingerprint density at radius 2 is 1.02 bits per heavy atom. The number of allylic oxidation sites excluding steroid dienone is 3. The summed E-state index contributed by atoms with van der Waals surface area (Å²) in [5.41, 5.74) is 17.2. The number of nitrogens with one attached hydrogen (secondary N) is 1. The molecule has 1 N–H and O–H groups in total. The Morgan fingerprint density at radius 1 is 0.464 bits per heavy atom. The fourth-order valence-corrected chi connectivity index (χ4v) is 9.66. The quantitative estimate of drug-likeness (QED) is 0.131. The van der Waals surface area contributed by atoms with Crippen LogP contribution in [0.4, 0.5) is 0 Å². The summed E-state index contributed by atoms with van der Waals surface area (Å²) in [6, 6.07) is 68.0. The van der Waals surface area contributed by atoms with Crippen molar-refractivity contribution in [1.29, 1.82) is 5.41 Å². The van der Waals surface area contributed by atoms with Crippen molar-refractivity contribution in [1.82, 2.24) is 0 Å². The van der Waals surface area contributed by atoms with Crippen molar-refractivity contribution in [3.63, 3.8) is 0 Å². The molecule has 8 aromatic carbocycles. The highest BCUT2D eigenvalue weighted by Gasteiger charge is 2.53. The first-order valence-electron chi connectivity index (χ1n) is 19.5. The van der Waals surface area contributed by atoms with E-state index in [-0.39, 0.29) is 5.41 Å². The lowest BCUT2D eigenvalue weighted by molar-refractivity contribution is 0.563. The van der Waals surface area contributed by atoms with Gasteiger partial charge in [-0.1, -0.05) is 208 Å². The molecule has 0 fully saturated rings. The zero-order valence-corrected chi connectivity index (χ0v) is 31.6. The van der Waals surface area contributed by atoms with Gasteiger partial charge in [-0.25, -0.2) is 0 Å². The van der Waals surface area contributed by atoms with Crippen molar-refractivity contribution in [2.24, 2.45) is 0 Å². The fourth-order valence-electron chi connectivity index (χ4n) is 9.66. The van der Waals surface area contributed by atoms with Crippen LogP contribution in [0.5, 0.6) is 0 Å². The topological polar surface area (TPSA) is 23.9 Å². The maximum atomic E-state index is 9.48. The molecule has 0 saturated carbocycles. The maximum Gasteiger partial charge on any atom is 0.0719 e. The molecule has 0 unspecified atom stereocenters. The average Bonchev–Trinajstić information content (AvgIpc) is 3.55. The molecule has 2 aliphatic carbocycles. The molecule has 266 valence electrons. The van der Waals surface area contributed by atoms with E-state index in [1.54, 1.807) is 0 Å². The van der Waals surface area contributed by atoms with Crippen molar-refractivity contribution in [3.05, 3.63) is 250 Å². The zero-order valence-electron chi connectivity index (χ0n) is 31.6. The minimum absolute atomic E-state index is 0.125. The molecule has 0 aromatic heterocycles. The molecule has 1 spiro atoms. The summed E-state index contributed by atoms with van der Waals surface area (Å²) < 4.78 is 0. The van der Waals surface area contributed by atoms with Crippen molar-refractivity contribution in [3.8, 4) is 22.3 Å². The van der Waals surface area contributed by atoms with E-state index in [1.165, 1.54) is 55.6 Å². The molecule has 0 amide bonds. The molecule has 10 rings (SSSR count). The minimum atomic E-state index is -0.411. The van der Waals surface area contributed by atoms with Crippen molar-refractivity contribution in [2.75, 3.05) is 0 Å². The van der Waals surface area contributed by atoms with Gasteiger partial charge >= 0.3 is 0 Å². The summed E-state index contributed by atoms with van der Waals surface area (Å²) in [6.07, 6.45) is 6.24. The summed E-state index contributed by atoms with van der Waals surface area (Å²) in [7, 11) is 0. The predicted octanol–water partition coefficient (Wildman–Crippen LogP) is 13.7. The van der Waals surface area contributed by atoms with E-state index in [2.05, 4.69) is 190 Å². The Kier molecular flexibility index (Phi) is 7.94. The number of hydrogen-bond acceptors (Lipinski definition) is 1. The Morgan fingerprint density at radius 3 is 1.71 bits per heavy atom. The molecule has 56 heavy (non-hydrogen) atoms. The smallest absolute Gasteiger partial charge is 0.0719 e. The average molecular weight is 716 g/mol. The van der Waals surface area contributed by atoms with Crippen LogP contribution >= 0.6 is 0 Å². The van der Waals surface area contributed by atoms with Gasteiger partial charge in [-0.05, 0) is 95.2 Å². The fraction of sp³-hybridized carbons (Fsp3) is 0.0727. The highest BCUT2D eigenvalue weighted by atomic mass is 14.5. The molecule has 0 atom stereocenters. The van der Waals surface area contributed by atoms with Gasteiger partial charge in [-0.3, -0.25) is 0 Å². The Bertz CT molecular complexity index is 2840. The largest absolute Gasteiger partial charge is 0.300 e. The van der Waals surface area contributed by atoms with E-state index >= 15 is 0 Å². The summed E-state index contributed by atoms with van der Waals surface area (Å²) in [5, 5.41) is 11.7. The lowest BCUT2D eigenvalue weighted by Gasteiger charge is -2.46. The molecule has 1 nitrogen and oxygen atoms in total. The van der Waals surface area contributed by atoms with E-state index in [4.69, 9.17) is 0 Å². The SMILES string of the molecule is CC1(C)c2ccccc2C2(c3ccccc3-c3cc(-c4ccc(C(=N)/C=C(\C=C\c5ccccc5)c5ccccc5)c5ccccc45)ccc32)c2ccccc21. The molecule has 2 aliphatic rings. The van der Waals surface area contributed by atoms with E-state index in [0.717, 1.165) is 33.0 Å². The zero-order chi connectivity index (χ0) is 37.9. The first kappa shape index (κ1) is 33.7. The number of rotatable bonds is 6. The van der Waals surface area contributed by atoms with Crippen LogP contribution in [0.25, 0.3) is 44.7 Å². The van der Waals surface area contributed by atoms with E-state index in [0.29, 0.717) is 5.71 Å². The lowest BCUT2D eigenvalue weighted by Crippen LogP contribution is -2.40. The predicted molar refractivity (Wildman–Crippen MR) is 236 cm³/mol. The van der Waals surface area contributed by atoms with E-state index in [1.807, 2.05) is 30.3 Å². The Labute approximate surface area is 329 Å². The van der Waals surface area contributed by atoms with Gasteiger partial charge in [0.2, 0.25) is 0 Å². The molecular weight excluding hydrogens is 675 g/mol. The van der Waals surface area contributed by atoms with Crippen LogP contribution in [0.2, 0.25) is 0 Å². The Hall–Kier alpha value is -6.83. The summed E-state index contributed by atoms with van der Waals surface area (Å²) >= 11 is 0. The summed E-state index contributed by atoms with van der Waals surface area (Å²) in [6.45, 7) is 4.74. The lowest BCUT2D eigenvalue weighted by atomic mass is 9.55. The van der Waals surface area contributed by atoms with Gasteiger partial charge in [0.25, 0.3) is 0 Å². The summed E-state index contributed by atoms with van der Waals surface area (Å²) in [4.78, 5) is 0. The molecule has 1 heteroatoms. The van der Waals surface area contributed by atoms with Crippen LogP contribution in [0.15, 0.2) is 200 Å². The van der Waals surface area contributed by atoms with Crippen LogP contribution in [-0.2, 0) is 10.8 Å². The standard InChI is InChI=1S/C55H41N/c1-54(2)49-25-13-15-27-51(49)55(52-28-16-14-26-50(52)54)47-24-12-11-23-44(47)46-35-40(31-34-48(46)55)41-32-33-45(43-22-10-9-21-42(41)43)53(56)36-39(38-19-7-4-8-20-38)30-29-37-17-5-3-6-18-37/h3-36,56H,1-2H3/b30-29+,39-36+,56-53?. The second kappa shape index (κ2) is 13.2. The molecule has 0 saturated heterocycles. The minimum Gasteiger partial charge on any atom is -0.300 e. The molecule has 0 bridgehead atoms. The van der Waals surface area contributed by atoms with Crippen LogP contribution in [0.3, 0.4) is 0 Å². The van der Waals surface area contributed by atoms with Gasteiger partial charge in [0.15, 0.2) is 0 Å². The number of benzene rings is 8. The van der Waals surface area contributed by atoms with Crippen LogP contribution in [0, 0.1) is 5.41 Å². The summed E-state index contributed by atoms with van der Waals surface area (Å²) in [5.74, 6) is 0. The third kappa shape index (κ3) is 5.12. The van der Waals surface area contributed by atoms with Gasteiger partial charge in [0, 0.05) is 11.0 Å². The second-order valence-electron chi connectivity index (χ2n) is 15.6. The normalized spacial score (nSPS) is 14.6. The Balaban J connectivity index is 1.12. The van der Waals surface area contributed by atoms with Crippen LogP contribution in [-0.4, -0.2) is 5.71 Å². The molecule has 0 aliphatic heterocycles. The van der Waals surface area contributed by atoms with E-state index < -0.39 is 5.41 Å². The highest BCUT2D eigenvalue weighted by Crippen LogP contribution is 2.62.